The van der Waals surface area contributed by atoms with Crippen molar-refractivity contribution >= 4 is 32.3 Å². The fourth-order valence-corrected chi connectivity index (χ4v) is 6.33. The van der Waals surface area contributed by atoms with Gasteiger partial charge in [-0.2, -0.15) is 0 Å². The molecule has 0 aliphatic carbocycles. The van der Waals surface area contributed by atoms with Crippen molar-refractivity contribution < 1.29 is 8.42 Å². The van der Waals surface area contributed by atoms with E-state index in [0.29, 0.717) is 13.0 Å². The SMILES string of the molecule is Cc1ccc2cc(-c3cc(S(=O)(=O)N(C)CCc4nnc5ccccn45)ccc3N3CCCC3)[nH]c2c1. The molecule has 0 spiro atoms. The van der Waals surface area contributed by atoms with Crippen molar-refractivity contribution in [1.82, 2.24) is 23.9 Å². The molecule has 0 bridgehead atoms. The fraction of sp³-hybridized carbons (Fsp3) is 0.286. The normalized spacial score (nSPS) is 14.4. The summed E-state index contributed by atoms with van der Waals surface area (Å²) in [6, 6.07) is 19.6. The van der Waals surface area contributed by atoms with E-state index in [1.54, 1.807) is 13.1 Å². The molecule has 6 rings (SSSR count). The zero-order valence-electron chi connectivity index (χ0n) is 21.1. The number of hydrogen-bond donors (Lipinski definition) is 1. The van der Waals surface area contributed by atoms with E-state index in [1.807, 2.05) is 40.9 Å². The highest BCUT2D eigenvalue weighted by Crippen LogP contribution is 2.36. The topological polar surface area (TPSA) is 86.6 Å². The molecule has 3 aromatic heterocycles. The number of likely N-dealkylation sites (N-methyl/N-ethyl adjacent to an activating group) is 1. The maximum atomic E-state index is 13.6. The summed E-state index contributed by atoms with van der Waals surface area (Å²) in [6.07, 6.45) is 4.64. The number of sulfonamides is 1. The second-order valence-electron chi connectivity index (χ2n) is 9.77. The number of aryl methyl sites for hydroxylation is 1. The minimum atomic E-state index is -3.71. The molecule has 2 aromatic carbocycles. The van der Waals surface area contributed by atoms with Gasteiger partial charge >= 0.3 is 0 Å². The van der Waals surface area contributed by atoms with E-state index in [0.717, 1.165) is 65.3 Å². The van der Waals surface area contributed by atoms with Crippen molar-refractivity contribution in [3.05, 3.63) is 78.2 Å². The molecule has 5 aromatic rings. The molecule has 1 N–H and O–H groups in total. The number of pyridine rings is 1. The number of rotatable bonds is 7. The van der Waals surface area contributed by atoms with Crippen molar-refractivity contribution in [3.63, 3.8) is 0 Å². The van der Waals surface area contributed by atoms with Crippen LogP contribution in [0.25, 0.3) is 27.8 Å². The van der Waals surface area contributed by atoms with Crippen molar-refractivity contribution in [3.8, 4) is 11.3 Å². The lowest BCUT2D eigenvalue weighted by molar-refractivity contribution is 0.468. The van der Waals surface area contributed by atoms with Gasteiger partial charge in [0, 0.05) is 67.1 Å². The molecule has 37 heavy (non-hydrogen) atoms. The second kappa shape index (κ2) is 9.32. The Balaban J connectivity index is 1.34. The van der Waals surface area contributed by atoms with E-state index < -0.39 is 10.0 Å². The summed E-state index contributed by atoms with van der Waals surface area (Å²) in [5.41, 5.74) is 5.88. The van der Waals surface area contributed by atoms with Gasteiger partial charge in [-0.25, -0.2) is 12.7 Å². The molecule has 8 nitrogen and oxygen atoms in total. The summed E-state index contributed by atoms with van der Waals surface area (Å²) < 4.78 is 30.6. The number of hydrogen-bond acceptors (Lipinski definition) is 5. The van der Waals surface area contributed by atoms with Gasteiger partial charge in [-0.3, -0.25) is 4.40 Å². The Morgan fingerprint density at radius 3 is 2.68 bits per heavy atom. The predicted molar refractivity (Wildman–Crippen MR) is 146 cm³/mol. The van der Waals surface area contributed by atoms with Crippen molar-refractivity contribution in [2.75, 3.05) is 31.6 Å². The Labute approximate surface area is 216 Å². The van der Waals surface area contributed by atoms with Crippen LogP contribution in [0.5, 0.6) is 0 Å². The fourth-order valence-electron chi connectivity index (χ4n) is 5.13. The summed E-state index contributed by atoms with van der Waals surface area (Å²) in [7, 11) is -2.09. The zero-order chi connectivity index (χ0) is 25.6. The summed E-state index contributed by atoms with van der Waals surface area (Å²) in [6.45, 7) is 4.32. The van der Waals surface area contributed by atoms with Crippen molar-refractivity contribution in [2.45, 2.75) is 31.1 Å². The lowest BCUT2D eigenvalue weighted by Gasteiger charge is -2.23. The summed E-state index contributed by atoms with van der Waals surface area (Å²) in [5, 5.41) is 9.52. The quantitative estimate of drug-likeness (QED) is 0.342. The average Bonchev–Trinajstić information content (AvgIpc) is 3.66. The highest BCUT2D eigenvalue weighted by Gasteiger charge is 2.25. The minimum Gasteiger partial charge on any atom is -0.371 e. The zero-order valence-corrected chi connectivity index (χ0v) is 21.9. The average molecular weight is 515 g/mol. The van der Waals surface area contributed by atoms with Crippen molar-refractivity contribution in [2.24, 2.45) is 0 Å². The molecule has 4 heterocycles. The summed E-state index contributed by atoms with van der Waals surface area (Å²) >= 11 is 0. The molecular formula is C28H30N6O2S. The third-order valence-electron chi connectivity index (χ3n) is 7.23. The van der Waals surface area contributed by atoms with Crippen LogP contribution in [0, 0.1) is 6.92 Å². The summed E-state index contributed by atoms with van der Waals surface area (Å²) in [4.78, 5) is 6.17. The first-order chi connectivity index (χ1) is 17.9. The number of aromatic nitrogens is 4. The Bertz CT molecular complexity index is 1700. The first-order valence-corrected chi connectivity index (χ1v) is 14.1. The standard InChI is InChI=1S/C28H30N6O2S/c1-20-8-9-21-18-25(29-24(21)17-20)23-19-22(10-11-26(23)33-13-5-6-14-33)37(35,36)32(2)16-12-28-31-30-27-7-3-4-15-34(27)28/h3-4,7-11,15,17-19,29H,5-6,12-14,16H2,1-2H3. The van der Waals surface area contributed by atoms with Gasteiger partial charge in [0.25, 0.3) is 0 Å². The number of H-pyrrole nitrogens is 1. The van der Waals surface area contributed by atoms with Gasteiger partial charge < -0.3 is 9.88 Å². The first-order valence-electron chi connectivity index (χ1n) is 12.6. The monoisotopic (exact) mass is 514 g/mol. The molecular weight excluding hydrogens is 484 g/mol. The van der Waals surface area contributed by atoms with Crippen LogP contribution in [0.15, 0.2) is 71.8 Å². The third-order valence-corrected chi connectivity index (χ3v) is 9.08. The second-order valence-corrected chi connectivity index (χ2v) is 11.8. The van der Waals surface area contributed by atoms with Gasteiger partial charge in [0.1, 0.15) is 5.82 Å². The Hall–Kier alpha value is -3.69. The van der Waals surface area contributed by atoms with Crippen LogP contribution in [0.3, 0.4) is 0 Å². The molecule has 0 unspecified atom stereocenters. The van der Waals surface area contributed by atoms with Crippen LogP contribution in [-0.2, 0) is 16.4 Å². The van der Waals surface area contributed by atoms with Crippen LogP contribution < -0.4 is 4.90 Å². The highest BCUT2D eigenvalue weighted by molar-refractivity contribution is 7.89. The number of anilines is 1. The van der Waals surface area contributed by atoms with Crippen molar-refractivity contribution in [1.29, 1.82) is 0 Å². The van der Waals surface area contributed by atoms with E-state index in [9.17, 15) is 8.42 Å². The van der Waals surface area contributed by atoms with Crippen LogP contribution in [0.1, 0.15) is 24.2 Å². The number of nitrogens with zero attached hydrogens (tertiary/aromatic N) is 5. The highest BCUT2D eigenvalue weighted by atomic mass is 32.2. The van der Waals surface area contributed by atoms with Gasteiger partial charge in [0.2, 0.25) is 10.0 Å². The third kappa shape index (κ3) is 4.38. The minimum absolute atomic E-state index is 0.286. The van der Waals surface area contributed by atoms with E-state index in [-0.39, 0.29) is 4.90 Å². The number of benzene rings is 2. The Morgan fingerprint density at radius 2 is 1.84 bits per heavy atom. The molecule has 190 valence electrons. The first kappa shape index (κ1) is 23.7. The lowest BCUT2D eigenvalue weighted by atomic mass is 10.1. The molecule has 0 atom stereocenters. The molecule has 1 aliphatic heterocycles. The van der Waals surface area contributed by atoms with Gasteiger partial charge in [-0.15, -0.1) is 10.2 Å². The number of fused-ring (bicyclic) bond motifs is 2. The predicted octanol–water partition coefficient (Wildman–Crippen LogP) is 4.65. The van der Waals surface area contributed by atoms with Gasteiger partial charge in [0.15, 0.2) is 5.65 Å². The van der Waals surface area contributed by atoms with E-state index in [2.05, 4.69) is 51.3 Å². The van der Waals surface area contributed by atoms with Gasteiger partial charge in [0.05, 0.1) is 4.90 Å². The van der Waals surface area contributed by atoms with E-state index in [4.69, 9.17) is 0 Å². The maximum absolute atomic E-state index is 13.6. The maximum Gasteiger partial charge on any atom is 0.242 e. The summed E-state index contributed by atoms with van der Waals surface area (Å²) in [5.74, 6) is 0.732. The van der Waals surface area contributed by atoms with E-state index in [1.165, 1.54) is 9.87 Å². The van der Waals surface area contributed by atoms with Gasteiger partial charge in [-0.05, 0) is 67.8 Å². The largest absolute Gasteiger partial charge is 0.371 e. The Kier molecular flexibility index (Phi) is 5.97. The number of aromatic amines is 1. The Morgan fingerprint density at radius 1 is 1.00 bits per heavy atom. The number of nitrogens with one attached hydrogen (secondary N) is 1. The molecule has 9 heteroatoms. The van der Waals surface area contributed by atoms with Crippen LogP contribution >= 0.6 is 0 Å². The molecule has 0 saturated carbocycles. The van der Waals surface area contributed by atoms with Gasteiger partial charge in [-0.1, -0.05) is 18.2 Å². The smallest absolute Gasteiger partial charge is 0.242 e. The molecule has 0 amide bonds. The van der Waals surface area contributed by atoms with Crippen LogP contribution in [0.4, 0.5) is 5.69 Å². The van der Waals surface area contributed by atoms with Crippen LogP contribution in [-0.4, -0.2) is 59.0 Å². The lowest BCUT2D eigenvalue weighted by Crippen LogP contribution is -2.29. The van der Waals surface area contributed by atoms with E-state index >= 15 is 0 Å². The molecule has 1 fully saturated rings. The molecule has 1 saturated heterocycles. The molecule has 0 radical (unpaired) electrons. The van der Waals surface area contributed by atoms with Crippen LogP contribution in [0.2, 0.25) is 0 Å². The molecule has 1 aliphatic rings.